The first-order valence-electron chi connectivity index (χ1n) is 8.80. The molecule has 0 aromatic heterocycles. The maximum Gasteiger partial charge on any atom is 0.253 e. The fraction of sp³-hybridized carbons (Fsp3) is 0.350. The lowest BCUT2D eigenvalue weighted by Gasteiger charge is -2.21. The number of benzene rings is 2. The van der Waals surface area contributed by atoms with E-state index >= 15 is 0 Å². The Labute approximate surface area is 155 Å². The molecule has 1 amide bonds. The van der Waals surface area contributed by atoms with Crippen molar-refractivity contribution in [1.82, 2.24) is 9.80 Å². The topological polar surface area (TPSA) is 57.7 Å². The van der Waals surface area contributed by atoms with Gasteiger partial charge in [-0.25, -0.2) is 8.42 Å². The van der Waals surface area contributed by atoms with Crippen molar-refractivity contribution < 1.29 is 13.2 Å². The molecule has 0 N–H and O–H groups in total. The number of sulfone groups is 1. The van der Waals surface area contributed by atoms with Crippen molar-refractivity contribution in [1.29, 1.82) is 0 Å². The number of rotatable bonds is 4. The van der Waals surface area contributed by atoms with E-state index in [-0.39, 0.29) is 11.7 Å². The van der Waals surface area contributed by atoms with Gasteiger partial charge in [-0.05, 0) is 49.8 Å². The summed E-state index contributed by atoms with van der Waals surface area (Å²) in [6.07, 6.45) is 0.949. The van der Waals surface area contributed by atoms with Crippen molar-refractivity contribution in [2.24, 2.45) is 0 Å². The third-order valence-corrected chi connectivity index (χ3v) is 6.34. The van der Waals surface area contributed by atoms with E-state index in [0.717, 1.165) is 26.1 Å². The summed E-state index contributed by atoms with van der Waals surface area (Å²) in [4.78, 5) is 17.2. The smallest absolute Gasteiger partial charge is 0.253 e. The molecule has 5 nitrogen and oxygen atoms in total. The van der Waals surface area contributed by atoms with E-state index in [4.69, 9.17) is 0 Å². The largest absolute Gasteiger partial charge is 0.337 e. The second kappa shape index (κ2) is 8.01. The molecule has 0 aliphatic carbocycles. The first-order chi connectivity index (χ1) is 12.5. The zero-order valence-corrected chi connectivity index (χ0v) is 15.8. The van der Waals surface area contributed by atoms with Crippen LogP contribution >= 0.6 is 0 Å². The Morgan fingerprint density at radius 3 is 2.50 bits per heavy atom. The quantitative estimate of drug-likeness (QED) is 0.827. The minimum atomic E-state index is -3.43. The number of carbonyl (C=O) groups excluding carboxylic acids is 1. The van der Waals surface area contributed by atoms with Gasteiger partial charge in [0.05, 0.1) is 10.6 Å². The Hall–Kier alpha value is -2.18. The van der Waals surface area contributed by atoms with Crippen LogP contribution in [-0.2, 0) is 15.6 Å². The molecule has 0 atom stereocenters. The van der Waals surface area contributed by atoms with Gasteiger partial charge in [-0.3, -0.25) is 4.79 Å². The minimum Gasteiger partial charge on any atom is -0.337 e. The van der Waals surface area contributed by atoms with Gasteiger partial charge in [0.15, 0.2) is 9.84 Å². The predicted molar refractivity (Wildman–Crippen MR) is 102 cm³/mol. The molecule has 1 heterocycles. The lowest BCUT2D eigenvalue weighted by molar-refractivity contribution is 0.0762. The SMILES string of the molecule is CN1CCCN(C(=O)c2cccc(CS(=O)(=O)c3ccccc3)c2)CC1. The summed E-state index contributed by atoms with van der Waals surface area (Å²) in [6, 6.07) is 15.4. The van der Waals surface area contributed by atoms with Crippen molar-refractivity contribution >= 4 is 15.7 Å². The van der Waals surface area contributed by atoms with E-state index in [1.807, 2.05) is 4.90 Å². The molecule has 2 aromatic carbocycles. The second-order valence-corrected chi connectivity index (χ2v) is 8.71. The van der Waals surface area contributed by atoms with E-state index in [2.05, 4.69) is 11.9 Å². The summed E-state index contributed by atoms with van der Waals surface area (Å²) >= 11 is 0. The maximum absolute atomic E-state index is 12.8. The molecule has 1 fully saturated rings. The molecule has 3 rings (SSSR count). The molecule has 1 aliphatic heterocycles. The average molecular weight is 372 g/mol. The van der Waals surface area contributed by atoms with Crippen molar-refractivity contribution in [3.8, 4) is 0 Å². The van der Waals surface area contributed by atoms with Gasteiger partial charge in [0.2, 0.25) is 0 Å². The minimum absolute atomic E-state index is 0.0285. The van der Waals surface area contributed by atoms with E-state index in [9.17, 15) is 13.2 Å². The van der Waals surface area contributed by atoms with E-state index in [1.54, 1.807) is 54.6 Å². The molecule has 2 aromatic rings. The van der Waals surface area contributed by atoms with Crippen LogP contribution in [0.1, 0.15) is 22.3 Å². The summed E-state index contributed by atoms with van der Waals surface area (Å²) < 4.78 is 25.1. The molecule has 0 unspecified atom stereocenters. The van der Waals surface area contributed by atoms with Crippen LogP contribution in [-0.4, -0.2) is 57.4 Å². The van der Waals surface area contributed by atoms with Gasteiger partial charge in [-0.1, -0.05) is 30.3 Å². The molecular weight excluding hydrogens is 348 g/mol. The van der Waals surface area contributed by atoms with E-state index in [0.29, 0.717) is 22.6 Å². The average Bonchev–Trinajstić information content (AvgIpc) is 2.86. The highest BCUT2D eigenvalue weighted by molar-refractivity contribution is 7.90. The van der Waals surface area contributed by atoms with Crippen LogP contribution in [0.25, 0.3) is 0 Å². The summed E-state index contributed by atoms with van der Waals surface area (Å²) in [6.45, 7) is 3.27. The van der Waals surface area contributed by atoms with Crippen molar-refractivity contribution in [3.63, 3.8) is 0 Å². The van der Waals surface area contributed by atoms with Gasteiger partial charge < -0.3 is 9.80 Å². The first kappa shape index (κ1) is 18.6. The van der Waals surface area contributed by atoms with Crippen LogP contribution in [0.5, 0.6) is 0 Å². The Morgan fingerprint density at radius 1 is 0.962 bits per heavy atom. The number of hydrogen-bond donors (Lipinski definition) is 0. The number of nitrogens with zero attached hydrogens (tertiary/aromatic N) is 2. The molecular formula is C20H24N2O3S. The second-order valence-electron chi connectivity index (χ2n) is 6.72. The Morgan fingerprint density at radius 2 is 1.73 bits per heavy atom. The molecule has 138 valence electrons. The normalized spacial score (nSPS) is 16.3. The molecule has 1 saturated heterocycles. The van der Waals surface area contributed by atoms with Gasteiger partial charge in [0.1, 0.15) is 0 Å². The van der Waals surface area contributed by atoms with Crippen LogP contribution in [0, 0.1) is 0 Å². The first-order valence-corrected chi connectivity index (χ1v) is 10.5. The predicted octanol–water partition coefficient (Wildman–Crippen LogP) is 2.44. The Bertz CT molecular complexity index is 866. The lowest BCUT2D eigenvalue weighted by atomic mass is 10.1. The zero-order chi connectivity index (χ0) is 18.6. The van der Waals surface area contributed by atoms with Gasteiger partial charge in [0, 0.05) is 25.2 Å². The Kier molecular flexibility index (Phi) is 5.74. The standard InChI is InChI=1S/C20H24N2O3S/c1-21-11-6-12-22(14-13-21)20(23)18-8-5-7-17(15-18)16-26(24,25)19-9-3-2-4-10-19/h2-5,7-10,15H,6,11-14,16H2,1H3. The molecule has 6 heteroatoms. The Balaban J connectivity index is 1.77. The number of carbonyl (C=O) groups is 1. The maximum atomic E-state index is 12.8. The summed E-state index contributed by atoms with van der Waals surface area (Å²) in [7, 11) is -1.37. The van der Waals surface area contributed by atoms with Gasteiger partial charge in [0.25, 0.3) is 5.91 Å². The monoisotopic (exact) mass is 372 g/mol. The van der Waals surface area contributed by atoms with Crippen molar-refractivity contribution in [2.45, 2.75) is 17.1 Å². The molecule has 26 heavy (non-hydrogen) atoms. The van der Waals surface area contributed by atoms with Gasteiger partial charge >= 0.3 is 0 Å². The van der Waals surface area contributed by atoms with Crippen LogP contribution in [0.4, 0.5) is 0 Å². The number of likely N-dealkylation sites (N-methyl/N-ethyl adjacent to an activating group) is 1. The third-order valence-electron chi connectivity index (χ3n) is 4.64. The van der Waals surface area contributed by atoms with E-state index in [1.165, 1.54) is 0 Å². The summed E-state index contributed by atoms with van der Waals surface area (Å²) in [5.41, 5.74) is 1.18. The fourth-order valence-corrected chi connectivity index (χ4v) is 4.51. The highest BCUT2D eigenvalue weighted by atomic mass is 32.2. The van der Waals surface area contributed by atoms with Crippen molar-refractivity contribution in [2.75, 3.05) is 33.2 Å². The number of hydrogen-bond acceptors (Lipinski definition) is 4. The van der Waals surface area contributed by atoms with Gasteiger partial charge in [-0.15, -0.1) is 0 Å². The molecule has 0 bridgehead atoms. The zero-order valence-electron chi connectivity index (χ0n) is 15.0. The molecule has 0 spiro atoms. The highest BCUT2D eigenvalue weighted by Crippen LogP contribution is 2.18. The van der Waals surface area contributed by atoms with Crippen molar-refractivity contribution in [3.05, 3.63) is 65.7 Å². The van der Waals surface area contributed by atoms with Crippen LogP contribution in [0.3, 0.4) is 0 Å². The molecule has 0 radical (unpaired) electrons. The fourth-order valence-electron chi connectivity index (χ4n) is 3.16. The summed E-state index contributed by atoms with van der Waals surface area (Å²) in [5, 5.41) is 0. The number of amides is 1. The van der Waals surface area contributed by atoms with Crippen LogP contribution in [0.2, 0.25) is 0 Å². The molecule has 0 saturated carbocycles. The lowest BCUT2D eigenvalue weighted by Crippen LogP contribution is -2.34. The highest BCUT2D eigenvalue weighted by Gasteiger charge is 2.20. The molecule has 1 aliphatic rings. The van der Waals surface area contributed by atoms with Gasteiger partial charge in [-0.2, -0.15) is 0 Å². The van der Waals surface area contributed by atoms with Crippen LogP contribution in [0.15, 0.2) is 59.5 Å². The van der Waals surface area contributed by atoms with E-state index < -0.39 is 9.84 Å². The third kappa shape index (κ3) is 4.51. The van der Waals surface area contributed by atoms with Crippen LogP contribution < -0.4 is 0 Å². The summed E-state index contributed by atoms with van der Waals surface area (Å²) in [5.74, 6) is -0.139.